The van der Waals surface area contributed by atoms with Crippen molar-refractivity contribution in [2.75, 3.05) is 27.9 Å². The summed E-state index contributed by atoms with van der Waals surface area (Å²) in [5.41, 5.74) is 4.23. The third kappa shape index (κ3) is 3.10. The highest BCUT2D eigenvalue weighted by molar-refractivity contribution is 6.01. The van der Waals surface area contributed by atoms with Crippen molar-refractivity contribution in [1.29, 1.82) is 0 Å². The van der Waals surface area contributed by atoms with Crippen molar-refractivity contribution >= 4 is 5.78 Å². The number of ether oxygens (including phenoxy) is 3. The minimum atomic E-state index is -0.942. The SMILES string of the molecule is COC[C@@H]1CC[C@H]2[C@@H]3CCC4=CC(=O)C(OC)(c5ccccc5)CC4=C3[C@@H](OC)C[C@]12C. The Balaban J connectivity index is 1.61. The molecule has 0 N–H and O–H groups in total. The van der Waals surface area contributed by atoms with Crippen molar-refractivity contribution in [2.24, 2.45) is 23.2 Å². The van der Waals surface area contributed by atoms with Crippen molar-refractivity contribution < 1.29 is 19.0 Å². The molecule has 0 amide bonds. The molecule has 32 heavy (non-hydrogen) atoms. The van der Waals surface area contributed by atoms with Gasteiger partial charge in [0.25, 0.3) is 0 Å². The van der Waals surface area contributed by atoms with Crippen LogP contribution in [0, 0.1) is 23.2 Å². The Kier molecular flexibility index (Phi) is 5.68. The van der Waals surface area contributed by atoms with Gasteiger partial charge < -0.3 is 14.2 Å². The van der Waals surface area contributed by atoms with Crippen LogP contribution >= 0.6 is 0 Å². The molecule has 0 bridgehead atoms. The van der Waals surface area contributed by atoms with E-state index in [-0.39, 0.29) is 17.3 Å². The Morgan fingerprint density at radius 3 is 2.53 bits per heavy atom. The van der Waals surface area contributed by atoms with Gasteiger partial charge in [0, 0.05) is 34.4 Å². The molecule has 1 unspecified atom stereocenters. The Labute approximate surface area is 192 Å². The fourth-order valence-electron chi connectivity index (χ4n) is 7.62. The van der Waals surface area contributed by atoms with Crippen LogP contribution in [0.25, 0.3) is 0 Å². The lowest BCUT2D eigenvalue weighted by Gasteiger charge is -2.52. The zero-order chi connectivity index (χ0) is 22.5. The molecule has 0 spiro atoms. The molecule has 6 atom stereocenters. The minimum Gasteiger partial charge on any atom is -0.384 e. The Morgan fingerprint density at radius 2 is 1.84 bits per heavy atom. The summed E-state index contributed by atoms with van der Waals surface area (Å²) in [5.74, 6) is 1.84. The van der Waals surface area contributed by atoms with Crippen LogP contribution in [0.15, 0.2) is 53.1 Å². The van der Waals surface area contributed by atoms with E-state index < -0.39 is 5.60 Å². The van der Waals surface area contributed by atoms with Gasteiger partial charge in [0.05, 0.1) is 6.10 Å². The quantitative estimate of drug-likeness (QED) is 0.634. The average molecular weight is 437 g/mol. The first-order valence-corrected chi connectivity index (χ1v) is 12.1. The van der Waals surface area contributed by atoms with E-state index in [2.05, 4.69) is 6.92 Å². The maximum Gasteiger partial charge on any atom is 0.192 e. The van der Waals surface area contributed by atoms with Crippen LogP contribution in [0.1, 0.15) is 51.0 Å². The number of benzene rings is 1. The summed E-state index contributed by atoms with van der Waals surface area (Å²) in [6.07, 6.45) is 8.19. The van der Waals surface area contributed by atoms with E-state index in [9.17, 15) is 4.79 Å². The Hall–Kier alpha value is -1.75. The third-order valence-electron chi connectivity index (χ3n) is 9.29. The molecule has 1 aromatic carbocycles. The van der Waals surface area contributed by atoms with E-state index in [1.807, 2.05) is 50.6 Å². The highest BCUT2D eigenvalue weighted by atomic mass is 16.5. The summed E-state index contributed by atoms with van der Waals surface area (Å²) < 4.78 is 17.9. The van der Waals surface area contributed by atoms with Gasteiger partial charge in [-0.05, 0) is 83.6 Å². The van der Waals surface area contributed by atoms with Crippen molar-refractivity contribution in [3.63, 3.8) is 0 Å². The standard InChI is InChI=1S/C28H36O4/c1-27-16-24(31-3)26-21(23(27)13-11-20(27)17-30-2)12-10-18-14-25(29)28(32-4,15-22(18)26)19-8-6-5-7-9-19/h5-9,14,20-21,23-24H,10-13,15-17H2,1-4H3/t20-,21-,23-,24-,27+,28?/m0/s1. The number of hydrogen-bond acceptors (Lipinski definition) is 4. The van der Waals surface area contributed by atoms with Crippen molar-refractivity contribution in [1.82, 2.24) is 0 Å². The maximum atomic E-state index is 13.4. The summed E-state index contributed by atoms with van der Waals surface area (Å²) in [4.78, 5) is 13.4. The molecule has 0 aromatic heterocycles. The normalized spacial score (nSPS) is 38.8. The summed E-state index contributed by atoms with van der Waals surface area (Å²) in [5, 5.41) is 0. The second-order valence-corrected chi connectivity index (χ2v) is 10.5. The highest BCUT2D eigenvalue weighted by Gasteiger charge is 2.57. The highest BCUT2D eigenvalue weighted by Crippen LogP contribution is 2.63. The zero-order valence-corrected chi connectivity index (χ0v) is 19.9. The molecule has 172 valence electrons. The topological polar surface area (TPSA) is 44.8 Å². The molecule has 5 rings (SSSR count). The summed E-state index contributed by atoms with van der Waals surface area (Å²) in [6.45, 7) is 3.31. The van der Waals surface area contributed by atoms with Crippen molar-refractivity contribution in [3.05, 3.63) is 58.7 Å². The Bertz CT molecular complexity index is 947. The molecule has 2 fully saturated rings. The van der Waals surface area contributed by atoms with Crippen LogP contribution < -0.4 is 0 Å². The van der Waals surface area contributed by atoms with Crippen LogP contribution in [0.5, 0.6) is 0 Å². The molecule has 0 heterocycles. The molecule has 4 nitrogen and oxygen atoms in total. The Morgan fingerprint density at radius 1 is 1.06 bits per heavy atom. The van der Waals surface area contributed by atoms with Crippen molar-refractivity contribution in [2.45, 2.75) is 57.2 Å². The van der Waals surface area contributed by atoms with Gasteiger partial charge in [-0.15, -0.1) is 0 Å². The second-order valence-electron chi connectivity index (χ2n) is 10.5. The predicted molar refractivity (Wildman–Crippen MR) is 124 cm³/mol. The lowest BCUT2D eigenvalue weighted by atomic mass is 9.54. The largest absolute Gasteiger partial charge is 0.384 e. The van der Waals surface area contributed by atoms with Crippen LogP contribution in [-0.4, -0.2) is 39.8 Å². The fourth-order valence-corrected chi connectivity index (χ4v) is 7.62. The van der Waals surface area contributed by atoms with E-state index >= 15 is 0 Å². The monoisotopic (exact) mass is 436 g/mol. The lowest BCUT2D eigenvalue weighted by Crippen LogP contribution is -2.49. The number of methoxy groups -OCH3 is 3. The molecule has 4 aliphatic rings. The number of hydrogen-bond donors (Lipinski definition) is 0. The first-order chi connectivity index (χ1) is 15.5. The number of allylic oxidation sites excluding steroid dienone is 1. The second kappa shape index (κ2) is 8.23. The molecule has 0 saturated heterocycles. The molecular weight excluding hydrogens is 400 g/mol. The molecular formula is C28H36O4. The average Bonchev–Trinajstić information content (AvgIpc) is 3.14. The van der Waals surface area contributed by atoms with Crippen molar-refractivity contribution in [3.8, 4) is 0 Å². The van der Waals surface area contributed by atoms with E-state index in [0.29, 0.717) is 24.2 Å². The smallest absolute Gasteiger partial charge is 0.192 e. The van der Waals surface area contributed by atoms with E-state index in [1.54, 1.807) is 7.11 Å². The van der Waals surface area contributed by atoms with Gasteiger partial charge in [-0.25, -0.2) is 0 Å². The number of fused-ring (bicyclic) bond motifs is 4. The molecule has 2 saturated carbocycles. The van der Waals surface area contributed by atoms with Crippen LogP contribution in [0.2, 0.25) is 0 Å². The molecule has 1 aromatic rings. The van der Waals surface area contributed by atoms with Gasteiger partial charge in [-0.2, -0.15) is 0 Å². The van der Waals surface area contributed by atoms with Crippen LogP contribution in [-0.2, 0) is 24.6 Å². The van der Waals surface area contributed by atoms with E-state index in [4.69, 9.17) is 14.2 Å². The van der Waals surface area contributed by atoms with E-state index in [0.717, 1.165) is 31.4 Å². The zero-order valence-electron chi connectivity index (χ0n) is 19.9. The predicted octanol–water partition coefficient (Wildman–Crippen LogP) is 5.23. The van der Waals surface area contributed by atoms with Gasteiger partial charge in [0.1, 0.15) is 0 Å². The van der Waals surface area contributed by atoms with Gasteiger partial charge in [0.2, 0.25) is 0 Å². The van der Waals surface area contributed by atoms with Crippen LogP contribution in [0.4, 0.5) is 0 Å². The summed E-state index contributed by atoms with van der Waals surface area (Å²) >= 11 is 0. The number of carbonyl (C=O) groups excluding carboxylic acids is 1. The van der Waals surface area contributed by atoms with E-state index in [1.165, 1.54) is 29.6 Å². The summed E-state index contributed by atoms with van der Waals surface area (Å²) in [7, 11) is 5.35. The van der Waals surface area contributed by atoms with Gasteiger partial charge >= 0.3 is 0 Å². The first-order valence-electron chi connectivity index (χ1n) is 12.1. The minimum absolute atomic E-state index is 0.0691. The molecule has 0 radical (unpaired) electrons. The number of rotatable bonds is 5. The maximum absolute atomic E-state index is 13.4. The number of ketones is 1. The molecule has 4 heteroatoms. The first kappa shape index (κ1) is 22.1. The van der Waals surface area contributed by atoms with Gasteiger partial charge in [0.15, 0.2) is 11.4 Å². The number of carbonyl (C=O) groups is 1. The van der Waals surface area contributed by atoms with Gasteiger partial charge in [-0.1, -0.05) is 37.3 Å². The molecule has 0 aliphatic heterocycles. The lowest BCUT2D eigenvalue weighted by molar-refractivity contribution is -0.138. The fraction of sp³-hybridized carbons (Fsp3) is 0.607. The van der Waals surface area contributed by atoms with Crippen LogP contribution in [0.3, 0.4) is 0 Å². The third-order valence-corrected chi connectivity index (χ3v) is 9.29. The summed E-state index contributed by atoms with van der Waals surface area (Å²) in [6, 6.07) is 10.00. The molecule has 4 aliphatic carbocycles. The van der Waals surface area contributed by atoms with Gasteiger partial charge in [-0.3, -0.25) is 4.79 Å².